The quantitative estimate of drug-likeness (QED) is 0.478. The van der Waals surface area contributed by atoms with E-state index in [9.17, 15) is 0 Å². The van der Waals surface area contributed by atoms with E-state index in [0.29, 0.717) is 5.69 Å². The van der Waals surface area contributed by atoms with Crippen molar-refractivity contribution >= 4 is 11.9 Å². The zero-order valence-electron chi connectivity index (χ0n) is 7.75. The van der Waals surface area contributed by atoms with E-state index in [0.717, 1.165) is 17.5 Å². The molecule has 0 aromatic heterocycles. The summed E-state index contributed by atoms with van der Waals surface area (Å²) in [6.45, 7) is 1.94. The Hall–Kier alpha value is -1.35. The second-order valence-electron chi connectivity index (χ2n) is 3.25. The van der Waals surface area contributed by atoms with Crippen molar-refractivity contribution in [2.24, 2.45) is 5.73 Å². The number of nitrogens with one attached hydrogen (secondary N) is 1. The minimum Gasteiger partial charge on any atom is -0.398 e. The van der Waals surface area contributed by atoms with E-state index in [1.807, 2.05) is 19.1 Å². The molecule has 13 heavy (non-hydrogen) atoms. The first-order valence-electron chi connectivity index (χ1n) is 4.28. The number of anilines is 1. The van der Waals surface area contributed by atoms with Gasteiger partial charge in [-0.15, -0.1) is 0 Å². The molecule has 0 unspecified atom stereocenters. The Balaban J connectivity index is 3.05. The Morgan fingerprint density at radius 2 is 2.23 bits per heavy atom. The van der Waals surface area contributed by atoms with Gasteiger partial charge in [0.05, 0.1) is 0 Å². The third-order valence-corrected chi connectivity index (χ3v) is 1.92. The first-order valence-corrected chi connectivity index (χ1v) is 4.28. The molecule has 1 aromatic rings. The van der Waals surface area contributed by atoms with Crippen LogP contribution in [0.3, 0.4) is 0 Å². The number of benzene rings is 1. The highest BCUT2D eigenvalue weighted by Gasteiger charge is 2.05. The van der Waals surface area contributed by atoms with Crippen molar-refractivity contribution in [3.63, 3.8) is 0 Å². The van der Waals surface area contributed by atoms with Crippen LogP contribution in [0.1, 0.15) is 18.1 Å². The van der Waals surface area contributed by atoms with E-state index in [1.165, 1.54) is 6.21 Å². The molecule has 1 atom stereocenters. The van der Waals surface area contributed by atoms with E-state index in [2.05, 4.69) is 0 Å². The van der Waals surface area contributed by atoms with Gasteiger partial charge in [-0.2, -0.15) is 0 Å². The maximum Gasteiger partial charge on any atom is 0.0405 e. The predicted octanol–water partition coefficient (Wildman–Crippen LogP) is 1.16. The molecule has 70 valence electrons. The average molecular weight is 177 g/mol. The summed E-state index contributed by atoms with van der Waals surface area (Å²) < 4.78 is 0. The molecule has 0 aliphatic heterocycles. The molecule has 0 bridgehead atoms. The highest BCUT2D eigenvalue weighted by atomic mass is 14.6. The Bertz CT molecular complexity index is 305. The molecule has 0 heterocycles. The summed E-state index contributed by atoms with van der Waals surface area (Å²) in [4.78, 5) is 0. The maximum atomic E-state index is 7.22. The van der Waals surface area contributed by atoms with Crippen LogP contribution < -0.4 is 11.5 Å². The molecule has 0 aliphatic rings. The number of rotatable bonds is 3. The zero-order valence-corrected chi connectivity index (χ0v) is 7.75. The normalized spacial score (nSPS) is 12.5. The highest BCUT2D eigenvalue weighted by molar-refractivity contribution is 5.86. The van der Waals surface area contributed by atoms with E-state index in [-0.39, 0.29) is 6.04 Å². The summed E-state index contributed by atoms with van der Waals surface area (Å²) in [7, 11) is 0. The molecule has 3 heteroatoms. The van der Waals surface area contributed by atoms with Crippen molar-refractivity contribution in [3.8, 4) is 0 Å². The summed E-state index contributed by atoms with van der Waals surface area (Å²) in [5, 5.41) is 7.22. The fourth-order valence-electron chi connectivity index (χ4n) is 1.33. The van der Waals surface area contributed by atoms with Crippen molar-refractivity contribution < 1.29 is 0 Å². The Morgan fingerprint density at radius 3 is 2.77 bits per heavy atom. The van der Waals surface area contributed by atoms with Gasteiger partial charge in [-0.05, 0) is 25.0 Å². The van der Waals surface area contributed by atoms with Gasteiger partial charge in [0.2, 0.25) is 0 Å². The predicted molar refractivity (Wildman–Crippen MR) is 56.1 cm³/mol. The monoisotopic (exact) mass is 177 g/mol. The maximum absolute atomic E-state index is 7.22. The van der Waals surface area contributed by atoms with Gasteiger partial charge in [0.15, 0.2) is 0 Å². The molecule has 5 N–H and O–H groups in total. The number of hydrogen-bond acceptors (Lipinski definition) is 3. The molecular weight excluding hydrogens is 162 g/mol. The fourth-order valence-corrected chi connectivity index (χ4v) is 1.33. The van der Waals surface area contributed by atoms with Crippen LogP contribution in [0.15, 0.2) is 18.2 Å². The molecule has 0 saturated heterocycles. The van der Waals surface area contributed by atoms with Crippen LogP contribution in [-0.2, 0) is 6.42 Å². The van der Waals surface area contributed by atoms with Gasteiger partial charge in [-0.1, -0.05) is 12.1 Å². The minimum absolute atomic E-state index is 0.0977. The standard InChI is InChI=1S/C10H15N3/c1-7(12)5-8-3-2-4-10(13)9(8)6-11/h2-4,6-7,11H,5,12-13H2,1H3/t7-/m1/s1. The van der Waals surface area contributed by atoms with Crippen LogP contribution in [0.5, 0.6) is 0 Å². The van der Waals surface area contributed by atoms with Gasteiger partial charge in [0, 0.05) is 23.5 Å². The Kier molecular flexibility index (Phi) is 3.03. The molecule has 0 aliphatic carbocycles. The molecule has 1 aromatic carbocycles. The van der Waals surface area contributed by atoms with E-state index in [4.69, 9.17) is 16.9 Å². The van der Waals surface area contributed by atoms with Crippen molar-refractivity contribution in [2.45, 2.75) is 19.4 Å². The second kappa shape index (κ2) is 4.05. The molecule has 3 nitrogen and oxygen atoms in total. The van der Waals surface area contributed by atoms with Crippen molar-refractivity contribution in [1.82, 2.24) is 0 Å². The minimum atomic E-state index is 0.0977. The topological polar surface area (TPSA) is 75.9 Å². The summed E-state index contributed by atoms with van der Waals surface area (Å²) in [5.74, 6) is 0. The first kappa shape index (κ1) is 9.74. The van der Waals surface area contributed by atoms with Crippen molar-refractivity contribution in [2.75, 3.05) is 5.73 Å². The number of nitrogens with two attached hydrogens (primary N) is 2. The van der Waals surface area contributed by atoms with E-state index < -0.39 is 0 Å². The van der Waals surface area contributed by atoms with Gasteiger partial charge >= 0.3 is 0 Å². The summed E-state index contributed by atoms with van der Waals surface area (Å²) in [5.41, 5.74) is 13.9. The molecular formula is C10H15N3. The number of nitrogen functional groups attached to an aromatic ring is 1. The van der Waals surface area contributed by atoms with Crippen LogP contribution in [0.25, 0.3) is 0 Å². The smallest absolute Gasteiger partial charge is 0.0405 e. The Morgan fingerprint density at radius 1 is 1.54 bits per heavy atom. The van der Waals surface area contributed by atoms with Crippen LogP contribution in [-0.4, -0.2) is 12.3 Å². The Labute approximate surface area is 78.3 Å². The van der Waals surface area contributed by atoms with Crippen LogP contribution in [0.2, 0.25) is 0 Å². The number of hydrogen-bond donors (Lipinski definition) is 3. The van der Waals surface area contributed by atoms with E-state index in [1.54, 1.807) is 6.07 Å². The lowest BCUT2D eigenvalue weighted by Crippen LogP contribution is -2.19. The van der Waals surface area contributed by atoms with Crippen molar-refractivity contribution in [3.05, 3.63) is 29.3 Å². The molecule has 0 radical (unpaired) electrons. The highest BCUT2D eigenvalue weighted by Crippen LogP contribution is 2.15. The average Bonchev–Trinajstić information content (AvgIpc) is 2.03. The van der Waals surface area contributed by atoms with Gasteiger partial charge in [-0.3, -0.25) is 0 Å². The van der Waals surface area contributed by atoms with Gasteiger partial charge in [0.1, 0.15) is 0 Å². The zero-order chi connectivity index (χ0) is 9.84. The summed E-state index contributed by atoms with van der Waals surface area (Å²) >= 11 is 0. The van der Waals surface area contributed by atoms with E-state index >= 15 is 0 Å². The second-order valence-corrected chi connectivity index (χ2v) is 3.25. The van der Waals surface area contributed by atoms with Gasteiger partial charge in [0.25, 0.3) is 0 Å². The summed E-state index contributed by atoms with van der Waals surface area (Å²) in [6.07, 6.45) is 2.04. The van der Waals surface area contributed by atoms with Crippen molar-refractivity contribution in [1.29, 1.82) is 5.41 Å². The molecule has 0 saturated carbocycles. The van der Waals surface area contributed by atoms with Gasteiger partial charge in [-0.25, -0.2) is 0 Å². The first-order chi connectivity index (χ1) is 6.15. The molecule has 0 fully saturated rings. The molecule has 0 spiro atoms. The van der Waals surface area contributed by atoms with Crippen LogP contribution in [0, 0.1) is 5.41 Å². The summed E-state index contributed by atoms with van der Waals surface area (Å²) in [6, 6.07) is 5.74. The SMILES string of the molecule is C[C@@H](N)Cc1cccc(N)c1C=N. The lowest BCUT2D eigenvalue weighted by Gasteiger charge is -2.09. The molecule has 1 rings (SSSR count). The molecule has 0 amide bonds. The lowest BCUT2D eigenvalue weighted by atomic mass is 10.0. The third-order valence-electron chi connectivity index (χ3n) is 1.92. The lowest BCUT2D eigenvalue weighted by molar-refractivity contribution is 0.738. The largest absolute Gasteiger partial charge is 0.398 e. The third kappa shape index (κ3) is 2.29. The van der Waals surface area contributed by atoms with Crippen LogP contribution >= 0.6 is 0 Å². The fraction of sp³-hybridized carbons (Fsp3) is 0.300. The van der Waals surface area contributed by atoms with Crippen LogP contribution in [0.4, 0.5) is 5.69 Å². The van der Waals surface area contributed by atoms with Gasteiger partial charge < -0.3 is 16.9 Å².